The van der Waals surface area contributed by atoms with Crippen molar-refractivity contribution in [2.45, 2.75) is 216 Å². The van der Waals surface area contributed by atoms with E-state index in [1.807, 2.05) is 52.0 Å². The number of ether oxygens (including phenoxy) is 1. The van der Waals surface area contributed by atoms with Crippen molar-refractivity contribution in [1.29, 1.82) is 0 Å². The second-order valence-electron chi connectivity index (χ2n) is 23.2. The van der Waals surface area contributed by atoms with Gasteiger partial charge in [0.15, 0.2) is 0 Å². The molecule has 0 amide bonds. The first-order valence-corrected chi connectivity index (χ1v) is 28.7. The number of aryl methyl sites for hydroxylation is 6. The molecule has 0 bridgehead atoms. The molecule has 1 heterocycles. The highest BCUT2D eigenvalue weighted by molar-refractivity contribution is 6.63. The molecule has 1 fully saturated rings. The van der Waals surface area contributed by atoms with E-state index in [1.54, 1.807) is 6.07 Å². The molecule has 0 aromatic heterocycles. The fraction of sp³-hybridized carbons (Fsp3) is 0.493. The lowest BCUT2D eigenvalue weighted by Crippen LogP contribution is -2.41. The Hall–Kier alpha value is -5.12. The smallest absolute Gasteiger partial charge is 0.469 e. The molecule has 5 aromatic rings. The fourth-order valence-corrected chi connectivity index (χ4v) is 11.6. The lowest BCUT2D eigenvalue weighted by molar-refractivity contribution is -0.139. The summed E-state index contributed by atoms with van der Waals surface area (Å²) in [6.45, 7) is 38.4. The lowest BCUT2D eigenvalue weighted by Gasteiger charge is -2.35. The summed E-state index contributed by atoms with van der Waals surface area (Å²) in [5.41, 5.74) is 15.4. The number of esters is 1. The second-order valence-corrected chi connectivity index (χ2v) is 23.2. The Balaban J connectivity index is 0.000000285. The van der Waals surface area contributed by atoms with Crippen LogP contribution in [0.1, 0.15) is 207 Å². The zero-order valence-electron chi connectivity index (χ0n) is 50.7. The molecule has 0 unspecified atom stereocenters. The van der Waals surface area contributed by atoms with E-state index in [2.05, 4.69) is 164 Å². The Morgan fingerprint density at radius 3 is 1.26 bits per heavy atom. The second kappa shape index (κ2) is 25.3. The van der Waals surface area contributed by atoms with Gasteiger partial charge < -0.3 is 24.3 Å². The summed E-state index contributed by atoms with van der Waals surface area (Å²) in [5.74, 6) is -0.857. The van der Waals surface area contributed by atoms with Gasteiger partial charge in [0.05, 0.1) is 35.9 Å². The minimum Gasteiger partial charge on any atom is -0.469 e. The first-order valence-electron chi connectivity index (χ1n) is 28.7. The van der Waals surface area contributed by atoms with Crippen molar-refractivity contribution in [2.75, 3.05) is 7.11 Å². The molecule has 0 spiro atoms. The molecule has 77 heavy (non-hydrogen) atoms. The van der Waals surface area contributed by atoms with Gasteiger partial charge in [-0.15, -0.1) is 0 Å². The summed E-state index contributed by atoms with van der Waals surface area (Å²) in [4.78, 5) is 11.6. The molecule has 6 nitrogen and oxygen atoms in total. The molecule has 416 valence electrons. The number of benzene rings is 5. The molecule has 0 saturated carbocycles. The van der Waals surface area contributed by atoms with Crippen LogP contribution in [0.15, 0.2) is 91.0 Å². The van der Waals surface area contributed by atoms with Crippen molar-refractivity contribution < 1.29 is 33.4 Å². The summed E-state index contributed by atoms with van der Waals surface area (Å²) in [5, 5.41) is 21.4. The van der Waals surface area contributed by atoms with Gasteiger partial charge in [0.25, 0.3) is 0 Å². The van der Waals surface area contributed by atoms with Gasteiger partial charge in [-0.05, 0) is 204 Å². The van der Waals surface area contributed by atoms with Gasteiger partial charge in [-0.25, -0.2) is 4.39 Å². The third kappa shape index (κ3) is 13.3. The zero-order valence-corrected chi connectivity index (χ0v) is 50.7. The van der Waals surface area contributed by atoms with E-state index in [0.29, 0.717) is 31.2 Å². The van der Waals surface area contributed by atoms with Crippen LogP contribution in [0.3, 0.4) is 0 Å². The molecular formula is C69H94BFO6. The van der Waals surface area contributed by atoms with Gasteiger partial charge in [0.2, 0.25) is 0 Å². The predicted molar refractivity (Wildman–Crippen MR) is 323 cm³/mol. The standard InChI is InChI=1S/C36H45FO3.C33H49BO3/c1-9-35(39,10-2)18-17-27-15-16-30(19-24(27)5)36(11-3,12-4)31-20-25(6)34(26(7)21-31)29-14-13-28(32(37)22-29)23-33(38)40-8;1-12-32(35,13-2)19-18-26-16-17-27(20-23(26)5)33(14-3,15-4)28-21-24(6)29(25(7)22-28)34-36-30(8,9)31(10,11)37-34/h13-22,39H,9-12,23H2,1-8H3;16-22,35H,12-15H2,1-11H3/b18-17+;19-18+. The minimum absolute atomic E-state index is 0.0788. The van der Waals surface area contributed by atoms with E-state index in [0.717, 1.165) is 64.5 Å². The molecular weight excluding hydrogens is 955 g/mol. The summed E-state index contributed by atoms with van der Waals surface area (Å²) in [7, 11) is 0.956. The monoisotopic (exact) mass is 1050 g/mol. The number of halogens is 1. The van der Waals surface area contributed by atoms with Crippen molar-refractivity contribution in [3.63, 3.8) is 0 Å². The number of hydrogen-bond acceptors (Lipinski definition) is 6. The van der Waals surface area contributed by atoms with Crippen LogP contribution in [-0.4, -0.2) is 52.8 Å². The first-order chi connectivity index (χ1) is 36.2. The van der Waals surface area contributed by atoms with E-state index >= 15 is 0 Å². The van der Waals surface area contributed by atoms with Crippen molar-refractivity contribution >= 4 is 30.7 Å². The molecule has 5 aromatic carbocycles. The fourth-order valence-electron chi connectivity index (χ4n) is 11.6. The Morgan fingerprint density at radius 2 is 0.922 bits per heavy atom. The lowest BCUT2D eigenvalue weighted by atomic mass is 9.66. The van der Waals surface area contributed by atoms with Gasteiger partial charge in [-0.2, -0.15) is 0 Å². The molecule has 8 heteroatoms. The van der Waals surface area contributed by atoms with Crippen molar-refractivity contribution in [1.82, 2.24) is 0 Å². The van der Waals surface area contributed by atoms with E-state index < -0.39 is 23.0 Å². The van der Waals surface area contributed by atoms with Crippen LogP contribution < -0.4 is 5.46 Å². The number of aliphatic hydroxyl groups is 2. The molecule has 0 atom stereocenters. The molecule has 6 rings (SSSR count). The Bertz CT molecular complexity index is 2840. The quantitative estimate of drug-likeness (QED) is 0.0597. The third-order valence-corrected chi connectivity index (χ3v) is 18.3. The molecule has 2 N–H and O–H groups in total. The highest BCUT2D eigenvalue weighted by Crippen LogP contribution is 2.44. The van der Waals surface area contributed by atoms with Crippen LogP contribution in [-0.2, 0) is 36.1 Å². The normalized spacial score (nSPS) is 14.9. The van der Waals surface area contributed by atoms with Crippen LogP contribution in [0.4, 0.5) is 4.39 Å². The average Bonchev–Trinajstić information content (AvgIpc) is 3.62. The van der Waals surface area contributed by atoms with Gasteiger partial charge in [0.1, 0.15) is 5.82 Å². The first kappa shape index (κ1) is 62.7. The summed E-state index contributed by atoms with van der Waals surface area (Å²) < 4.78 is 32.4. The minimum atomic E-state index is -0.775. The van der Waals surface area contributed by atoms with Crippen molar-refractivity contribution in [3.05, 3.63) is 169 Å². The average molecular weight is 1050 g/mol. The van der Waals surface area contributed by atoms with Crippen molar-refractivity contribution in [3.8, 4) is 11.1 Å². The Kier molecular flexibility index (Phi) is 20.6. The topological polar surface area (TPSA) is 85.2 Å². The van der Waals surface area contributed by atoms with E-state index in [9.17, 15) is 19.4 Å². The molecule has 0 radical (unpaired) electrons. The maximum Gasteiger partial charge on any atom is 0.495 e. The van der Waals surface area contributed by atoms with Gasteiger partial charge >= 0.3 is 13.1 Å². The number of carbonyl (C=O) groups is 1. The molecule has 1 saturated heterocycles. The number of methoxy groups -OCH3 is 1. The predicted octanol–water partition coefficient (Wildman–Crippen LogP) is 16.4. The van der Waals surface area contributed by atoms with Gasteiger partial charge in [-0.3, -0.25) is 4.79 Å². The Labute approximate surface area is 465 Å². The van der Waals surface area contributed by atoms with Crippen LogP contribution in [0.2, 0.25) is 0 Å². The molecule has 0 aliphatic carbocycles. The van der Waals surface area contributed by atoms with E-state index in [4.69, 9.17) is 14.0 Å². The van der Waals surface area contributed by atoms with Crippen molar-refractivity contribution in [2.24, 2.45) is 0 Å². The SMILES string of the molecule is CCC(O)(/C=C/c1ccc(C(CC)(CC)c2cc(C)c(-c3ccc(CC(=O)OC)c(F)c3)c(C)c2)cc1C)CC.CCC(O)(/C=C/c1ccc(C(CC)(CC)c2cc(C)c(B3OC(C)(C)C(C)(C)O3)c(C)c2)cc1C)CC. The number of rotatable bonds is 20. The molecule has 1 aliphatic rings. The number of hydrogen-bond donors (Lipinski definition) is 2. The summed E-state index contributed by atoms with van der Waals surface area (Å²) >= 11 is 0. The molecule has 1 aliphatic heterocycles. The summed E-state index contributed by atoms with van der Waals surface area (Å²) in [6.07, 6.45) is 14.6. The third-order valence-electron chi connectivity index (χ3n) is 18.3. The maximum atomic E-state index is 14.9. The van der Waals surface area contributed by atoms with Crippen LogP contribution in [0, 0.1) is 47.4 Å². The van der Waals surface area contributed by atoms with Gasteiger partial charge in [0, 0.05) is 10.8 Å². The highest BCUT2D eigenvalue weighted by atomic mass is 19.1. The van der Waals surface area contributed by atoms with E-state index in [-0.39, 0.29) is 35.6 Å². The Morgan fingerprint density at radius 1 is 0.545 bits per heavy atom. The highest BCUT2D eigenvalue weighted by Gasteiger charge is 2.52. The maximum absolute atomic E-state index is 14.9. The number of carbonyl (C=O) groups excluding carboxylic acids is 1. The van der Waals surface area contributed by atoms with Crippen LogP contribution in [0.5, 0.6) is 0 Å². The van der Waals surface area contributed by atoms with Gasteiger partial charge in [-0.1, -0.05) is 164 Å². The zero-order chi connectivity index (χ0) is 57.5. The van der Waals surface area contributed by atoms with Crippen LogP contribution >= 0.6 is 0 Å². The van der Waals surface area contributed by atoms with Crippen LogP contribution in [0.25, 0.3) is 23.3 Å². The summed E-state index contributed by atoms with van der Waals surface area (Å²) in [6, 6.07) is 27.8. The largest absolute Gasteiger partial charge is 0.495 e. The van der Waals surface area contributed by atoms with E-state index in [1.165, 1.54) is 57.7 Å².